The molecule has 0 spiro atoms. The number of hydrogen-bond acceptors (Lipinski definition) is 3. The summed E-state index contributed by atoms with van der Waals surface area (Å²) in [5.74, 6) is -3.54. The summed E-state index contributed by atoms with van der Waals surface area (Å²) in [6.07, 6.45) is -4.82. The third-order valence-electron chi connectivity index (χ3n) is 4.33. The molecule has 2 amide bonds. The number of hydrogen-bond donors (Lipinski definition) is 2. The van der Waals surface area contributed by atoms with Crippen LogP contribution in [0.25, 0.3) is 10.9 Å². The highest BCUT2D eigenvalue weighted by Crippen LogP contribution is 2.37. The smallest absolute Gasteiger partial charge is 0.347 e. The van der Waals surface area contributed by atoms with Gasteiger partial charge in [-0.25, -0.2) is 4.98 Å². The molecule has 1 aromatic carbocycles. The molecule has 1 aliphatic rings. The number of fused-ring (bicyclic) bond motifs is 1. The van der Waals surface area contributed by atoms with Crippen LogP contribution in [-0.2, 0) is 9.59 Å². The fraction of sp³-hybridized carbons (Fsp3) is 0.353. The van der Waals surface area contributed by atoms with E-state index < -0.39 is 35.5 Å². The first-order valence-electron chi connectivity index (χ1n) is 7.88. The number of halogens is 4. The molecule has 0 aliphatic heterocycles. The quantitative estimate of drug-likeness (QED) is 0.643. The minimum atomic E-state index is -5.06. The van der Waals surface area contributed by atoms with Crippen LogP contribution in [0.1, 0.15) is 31.4 Å². The SMILES string of the molecule is C[C@@H](NC(=O)C1(NC(=O)C(F)(F)F)CC1)c1cccc2ccc(F)nc12. The number of nitrogens with zero attached hydrogens (tertiary/aromatic N) is 1. The molecule has 5 nitrogen and oxygen atoms in total. The van der Waals surface area contributed by atoms with Crippen molar-refractivity contribution in [2.24, 2.45) is 0 Å². The zero-order valence-corrected chi connectivity index (χ0v) is 13.7. The summed E-state index contributed by atoms with van der Waals surface area (Å²) in [5.41, 5.74) is -0.679. The van der Waals surface area contributed by atoms with Gasteiger partial charge in [-0.1, -0.05) is 18.2 Å². The highest BCUT2D eigenvalue weighted by Gasteiger charge is 2.55. The van der Waals surface area contributed by atoms with Crippen LogP contribution < -0.4 is 10.6 Å². The number of aromatic nitrogens is 1. The number of nitrogens with one attached hydrogen (secondary N) is 2. The van der Waals surface area contributed by atoms with Gasteiger partial charge in [0.2, 0.25) is 11.9 Å². The van der Waals surface area contributed by atoms with Gasteiger partial charge in [-0.3, -0.25) is 9.59 Å². The molecular formula is C17H15F4N3O2. The molecule has 1 heterocycles. The Hall–Kier alpha value is -2.71. The second kappa shape index (κ2) is 6.22. The monoisotopic (exact) mass is 369 g/mol. The Kier molecular flexibility index (Phi) is 4.33. The molecule has 1 aliphatic carbocycles. The standard InChI is InChI=1S/C17H15F4N3O2/c1-9(11-4-2-3-10-5-6-12(18)23-13(10)11)22-14(25)16(7-8-16)24-15(26)17(19,20)21/h2-6,9H,7-8H2,1H3,(H,22,25)(H,24,26)/t9-/m1/s1. The zero-order valence-electron chi connectivity index (χ0n) is 13.7. The fourth-order valence-electron chi connectivity index (χ4n) is 2.73. The van der Waals surface area contributed by atoms with E-state index in [9.17, 15) is 27.2 Å². The Balaban J connectivity index is 1.78. The first-order chi connectivity index (χ1) is 12.1. The highest BCUT2D eigenvalue weighted by molar-refractivity contribution is 5.96. The molecule has 0 bridgehead atoms. The third-order valence-corrected chi connectivity index (χ3v) is 4.33. The van der Waals surface area contributed by atoms with Gasteiger partial charge in [0, 0.05) is 10.9 Å². The van der Waals surface area contributed by atoms with Crippen LogP contribution in [0.15, 0.2) is 30.3 Å². The second-order valence-electron chi connectivity index (χ2n) is 6.28. The predicted octanol–water partition coefficient (Wildman–Crippen LogP) is 2.76. The average Bonchev–Trinajstić information content (AvgIpc) is 3.34. The summed E-state index contributed by atoms with van der Waals surface area (Å²) in [7, 11) is 0. The van der Waals surface area contributed by atoms with Gasteiger partial charge in [-0.2, -0.15) is 17.6 Å². The lowest BCUT2D eigenvalue weighted by atomic mass is 10.0. The Morgan fingerprint density at radius 2 is 1.88 bits per heavy atom. The van der Waals surface area contributed by atoms with Crippen molar-refractivity contribution in [3.05, 3.63) is 41.8 Å². The van der Waals surface area contributed by atoms with Crippen LogP contribution in [0.3, 0.4) is 0 Å². The van der Waals surface area contributed by atoms with Crippen molar-refractivity contribution in [3.63, 3.8) is 0 Å². The van der Waals surface area contributed by atoms with Gasteiger partial charge in [0.05, 0.1) is 11.6 Å². The number of rotatable bonds is 4. The lowest BCUT2D eigenvalue weighted by Gasteiger charge is -2.22. The lowest BCUT2D eigenvalue weighted by Crippen LogP contribution is -2.53. The molecule has 3 rings (SSSR count). The van der Waals surface area contributed by atoms with Crippen molar-refractivity contribution >= 4 is 22.7 Å². The van der Waals surface area contributed by atoms with E-state index in [0.29, 0.717) is 16.5 Å². The molecule has 1 saturated carbocycles. The second-order valence-corrected chi connectivity index (χ2v) is 6.28. The van der Waals surface area contributed by atoms with Crippen molar-refractivity contribution in [1.82, 2.24) is 15.6 Å². The number of pyridine rings is 1. The molecule has 1 fully saturated rings. The van der Waals surface area contributed by atoms with Crippen LogP contribution in [0.4, 0.5) is 17.6 Å². The van der Waals surface area contributed by atoms with Crippen LogP contribution >= 0.6 is 0 Å². The number of carbonyl (C=O) groups is 2. The van der Waals surface area contributed by atoms with E-state index in [1.165, 1.54) is 6.07 Å². The Labute approximate surface area is 145 Å². The molecule has 26 heavy (non-hydrogen) atoms. The predicted molar refractivity (Wildman–Crippen MR) is 84.4 cm³/mol. The molecule has 2 N–H and O–H groups in total. The molecule has 2 aromatic rings. The molecule has 0 radical (unpaired) electrons. The van der Waals surface area contributed by atoms with E-state index in [0.717, 1.165) is 0 Å². The minimum absolute atomic E-state index is 0.121. The van der Waals surface area contributed by atoms with E-state index >= 15 is 0 Å². The number of amides is 2. The van der Waals surface area contributed by atoms with Crippen molar-refractivity contribution in [3.8, 4) is 0 Å². The normalized spacial score (nSPS) is 16.8. The van der Waals surface area contributed by atoms with Gasteiger partial charge in [0.25, 0.3) is 0 Å². The van der Waals surface area contributed by atoms with Crippen LogP contribution in [0, 0.1) is 5.95 Å². The van der Waals surface area contributed by atoms with E-state index in [1.807, 2.05) is 0 Å². The average molecular weight is 369 g/mol. The first-order valence-corrected chi connectivity index (χ1v) is 7.88. The third kappa shape index (κ3) is 3.47. The molecular weight excluding hydrogens is 354 g/mol. The summed E-state index contributed by atoms with van der Waals surface area (Å²) in [4.78, 5) is 27.3. The topological polar surface area (TPSA) is 71.1 Å². The summed E-state index contributed by atoms with van der Waals surface area (Å²) < 4.78 is 50.7. The van der Waals surface area contributed by atoms with Crippen molar-refractivity contribution < 1.29 is 27.2 Å². The molecule has 9 heteroatoms. The summed E-state index contributed by atoms with van der Waals surface area (Å²) in [5, 5.41) is 5.01. The van der Waals surface area contributed by atoms with Crippen molar-refractivity contribution in [2.75, 3.05) is 0 Å². The van der Waals surface area contributed by atoms with Gasteiger partial charge in [-0.15, -0.1) is 0 Å². The first kappa shape index (κ1) is 18.1. The number of para-hydroxylation sites is 1. The van der Waals surface area contributed by atoms with Crippen LogP contribution in [-0.4, -0.2) is 28.5 Å². The van der Waals surface area contributed by atoms with Gasteiger partial charge < -0.3 is 10.6 Å². The number of carbonyl (C=O) groups excluding carboxylic acids is 2. The van der Waals surface area contributed by atoms with E-state index in [2.05, 4.69) is 10.3 Å². The zero-order chi connectivity index (χ0) is 19.1. The van der Waals surface area contributed by atoms with Crippen molar-refractivity contribution in [1.29, 1.82) is 0 Å². The van der Waals surface area contributed by atoms with Crippen LogP contribution in [0.2, 0.25) is 0 Å². The van der Waals surface area contributed by atoms with Gasteiger partial charge in [-0.05, 0) is 31.9 Å². The number of alkyl halides is 3. The van der Waals surface area contributed by atoms with Gasteiger partial charge in [0.15, 0.2) is 0 Å². The Bertz CT molecular complexity index is 878. The Morgan fingerprint density at radius 1 is 1.19 bits per heavy atom. The molecule has 0 unspecified atom stereocenters. The lowest BCUT2D eigenvalue weighted by molar-refractivity contribution is -0.175. The molecule has 138 valence electrons. The summed E-state index contributed by atoms with van der Waals surface area (Å²) >= 11 is 0. The number of benzene rings is 1. The van der Waals surface area contributed by atoms with E-state index in [4.69, 9.17) is 0 Å². The van der Waals surface area contributed by atoms with E-state index in [-0.39, 0.29) is 12.8 Å². The molecule has 1 aromatic heterocycles. The Morgan fingerprint density at radius 3 is 2.50 bits per heavy atom. The maximum Gasteiger partial charge on any atom is 0.471 e. The fourth-order valence-corrected chi connectivity index (χ4v) is 2.73. The maximum atomic E-state index is 13.4. The van der Waals surface area contributed by atoms with E-state index in [1.54, 1.807) is 36.5 Å². The van der Waals surface area contributed by atoms with Crippen LogP contribution in [0.5, 0.6) is 0 Å². The van der Waals surface area contributed by atoms with Crippen molar-refractivity contribution in [2.45, 2.75) is 37.5 Å². The van der Waals surface area contributed by atoms with Gasteiger partial charge >= 0.3 is 12.1 Å². The maximum absolute atomic E-state index is 13.4. The molecule has 0 saturated heterocycles. The molecule has 1 atom stereocenters. The van der Waals surface area contributed by atoms with Gasteiger partial charge in [0.1, 0.15) is 5.54 Å². The summed E-state index contributed by atoms with van der Waals surface area (Å²) in [6, 6.07) is 7.20. The highest BCUT2D eigenvalue weighted by atomic mass is 19.4. The largest absolute Gasteiger partial charge is 0.471 e. The summed E-state index contributed by atoms with van der Waals surface area (Å²) in [6.45, 7) is 1.61. The minimum Gasteiger partial charge on any atom is -0.347 e.